The summed E-state index contributed by atoms with van der Waals surface area (Å²) in [5, 5.41) is 8.91. The van der Waals surface area contributed by atoms with Crippen LogP contribution in [-0.4, -0.2) is 66.4 Å². The second-order valence-electron chi connectivity index (χ2n) is 4.94. The Hall–Kier alpha value is -2.16. The number of carboxylic acids is 1. The van der Waals surface area contributed by atoms with Gasteiger partial charge in [0.2, 0.25) is 0 Å². The molecule has 1 amide bonds. The summed E-state index contributed by atoms with van der Waals surface area (Å²) in [6.45, 7) is 1.88. The quantitative estimate of drug-likeness (QED) is 0.750. The Labute approximate surface area is 128 Å². The summed E-state index contributed by atoms with van der Waals surface area (Å²) in [4.78, 5) is 26.2. The number of hydrogen-bond donors (Lipinski definition) is 1. The lowest BCUT2D eigenvalue weighted by molar-refractivity contribution is -0.142. The van der Waals surface area contributed by atoms with Crippen molar-refractivity contribution in [1.29, 1.82) is 0 Å². The predicted molar refractivity (Wildman–Crippen MR) is 79.7 cm³/mol. The maximum Gasteiger partial charge on any atom is 0.323 e. The molecule has 0 radical (unpaired) electrons. The molecule has 2 aliphatic rings. The van der Waals surface area contributed by atoms with Crippen LogP contribution in [0.15, 0.2) is 28.3 Å². The van der Waals surface area contributed by atoms with Gasteiger partial charge in [-0.25, -0.2) is 8.42 Å². The maximum atomic E-state index is 12.5. The van der Waals surface area contributed by atoms with Gasteiger partial charge in [0, 0.05) is 19.3 Å². The van der Waals surface area contributed by atoms with E-state index in [1.54, 1.807) is 17.2 Å². The van der Waals surface area contributed by atoms with Gasteiger partial charge in [0.1, 0.15) is 6.54 Å². The Morgan fingerprint density at radius 2 is 2.18 bits per heavy atom. The van der Waals surface area contributed by atoms with Crippen LogP contribution in [0.3, 0.4) is 0 Å². The Morgan fingerprint density at radius 3 is 2.82 bits per heavy atom. The topological polar surface area (TPSA) is 107 Å². The second kappa shape index (κ2) is 6.30. The molecule has 0 unspecified atom stereocenters. The number of carboxylic acid groups (broad SMARTS) is 1. The van der Waals surface area contributed by atoms with E-state index in [-0.39, 0.29) is 30.3 Å². The average Bonchev–Trinajstić information content (AvgIpc) is 2.44. The first-order valence-corrected chi connectivity index (χ1v) is 8.44. The van der Waals surface area contributed by atoms with Crippen molar-refractivity contribution in [2.45, 2.75) is 13.3 Å². The van der Waals surface area contributed by atoms with Gasteiger partial charge in [-0.05, 0) is 18.6 Å². The van der Waals surface area contributed by atoms with E-state index in [2.05, 4.69) is 4.40 Å². The van der Waals surface area contributed by atoms with Crippen molar-refractivity contribution in [1.82, 2.24) is 9.80 Å². The van der Waals surface area contributed by atoms with Crippen molar-refractivity contribution in [3.63, 3.8) is 0 Å². The molecular formula is C13H17N3O5S. The molecule has 0 spiro atoms. The minimum absolute atomic E-state index is 0.0604. The highest BCUT2D eigenvalue weighted by Gasteiger charge is 2.32. The van der Waals surface area contributed by atoms with E-state index >= 15 is 0 Å². The van der Waals surface area contributed by atoms with Crippen LogP contribution < -0.4 is 0 Å². The van der Waals surface area contributed by atoms with E-state index in [1.165, 1.54) is 11.0 Å². The van der Waals surface area contributed by atoms with Crippen molar-refractivity contribution in [3.8, 4) is 0 Å². The third-order valence-corrected chi connectivity index (χ3v) is 4.34. The Bertz CT molecular complexity index is 678. The van der Waals surface area contributed by atoms with Crippen molar-refractivity contribution in [2.24, 2.45) is 4.40 Å². The summed E-state index contributed by atoms with van der Waals surface area (Å²) in [6.07, 6.45) is 5.32. The fourth-order valence-corrected chi connectivity index (χ4v) is 3.22. The molecule has 2 rings (SSSR count). The summed E-state index contributed by atoms with van der Waals surface area (Å²) in [7, 11) is -3.60. The lowest BCUT2D eigenvalue weighted by atomic mass is 10.1. The zero-order valence-electron chi connectivity index (χ0n) is 12.1. The molecule has 0 bridgehead atoms. The standard InChI is InChI=1S/C13H17N3O5S/c1-2-5-16(9-11(17)18)13(19)10-4-3-6-15-7-8-22(20,21)14-12(10)15/h3-4,6H,2,5,7-9H2,1H3,(H,17,18). The molecule has 0 aromatic heterocycles. The monoisotopic (exact) mass is 327 g/mol. The first-order valence-electron chi connectivity index (χ1n) is 6.83. The Balaban J connectivity index is 2.34. The third kappa shape index (κ3) is 3.53. The number of hydrogen-bond acceptors (Lipinski definition) is 5. The molecule has 1 N–H and O–H groups in total. The van der Waals surface area contributed by atoms with Crippen LogP contribution in [0.1, 0.15) is 13.3 Å². The molecule has 9 heteroatoms. The molecule has 2 aliphatic heterocycles. The van der Waals surface area contributed by atoms with E-state index < -0.39 is 28.4 Å². The molecule has 0 fully saturated rings. The number of rotatable bonds is 5. The van der Waals surface area contributed by atoms with Gasteiger partial charge in [0.25, 0.3) is 15.9 Å². The number of amidine groups is 1. The molecule has 2 heterocycles. The number of allylic oxidation sites excluding steroid dienone is 2. The van der Waals surface area contributed by atoms with Gasteiger partial charge in [-0.1, -0.05) is 6.92 Å². The highest BCUT2D eigenvalue weighted by atomic mass is 32.2. The van der Waals surface area contributed by atoms with Crippen LogP contribution in [0.5, 0.6) is 0 Å². The second-order valence-corrected chi connectivity index (χ2v) is 6.69. The molecule has 22 heavy (non-hydrogen) atoms. The van der Waals surface area contributed by atoms with Gasteiger partial charge >= 0.3 is 5.97 Å². The van der Waals surface area contributed by atoms with E-state index in [0.29, 0.717) is 6.42 Å². The Morgan fingerprint density at radius 1 is 1.45 bits per heavy atom. The van der Waals surface area contributed by atoms with Crippen molar-refractivity contribution >= 4 is 27.7 Å². The summed E-state index contributed by atoms with van der Waals surface area (Å²) in [5.74, 6) is -1.71. The third-order valence-electron chi connectivity index (χ3n) is 3.19. The van der Waals surface area contributed by atoms with Gasteiger partial charge in [-0.3, -0.25) is 9.59 Å². The van der Waals surface area contributed by atoms with Crippen LogP contribution in [0.4, 0.5) is 0 Å². The highest BCUT2D eigenvalue weighted by molar-refractivity contribution is 7.90. The number of amides is 1. The first kappa shape index (κ1) is 16.2. The lowest BCUT2D eigenvalue weighted by Crippen LogP contribution is -2.45. The van der Waals surface area contributed by atoms with Crippen LogP contribution in [0.25, 0.3) is 0 Å². The molecule has 0 atom stereocenters. The van der Waals surface area contributed by atoms with Gasteiger partial charge in [-0.2, -0.15) is 0 Å². The van der Waals surface area contributed by atoms with Gasteiger partial charge in [0.15, 0.2) is 5.84 Å². The van der Waals surface area contributed by atoms with E-state index in [4.69, 9.17) is 5.11 Å². The molecule has 0 aromatic rings. The number of fused-ring (bicyclic) bond motifs is 1. The number of sulfonamides is 1. The fourth-order valence-electron chi connectivity index (χ4n) is 2.24. The highest BCUT2D eigenvalue weighted by Crippen LogP contribution is 2.19. The van der Waals surface area contributed by atoms with E-state index in [9.17, 15) is 18.0 Å². The Kier molecular flexibility index (Phi) is 4.65. The smallest absolute Gasteiger partial charge is 0.323 e. The minimum Gasteiger partial charge on any atom is -0.480 e. The van der Waals surface area contributed by atoms with Crippen molar-refractivity contribution in [2.75, 3.05) is 25.4 Å². The van der Waals surface area contributed by atoms with Crippen LogP contribution >= 0.6 is 0 Å². The van der Waals surface area contributed by atoms with Crippen LogP contribution in [0, 0.1) is 0 Å². The number of nitrogens with zero attached hydrogens (tertiary/aromatic N) is 3. The number of aliphatic carboxylic acids is 1. The summed E-state index contributed by atoms with van der Waals surface area (Å²) in [5.41, 5.74) is 0.0977. The van der Waals surface area contributed by atoms with Gasteiger partial charge < -0.3 is 14.9 Å². The summed E-state index contributed by atoms with van der Waals surface area (Å²) >= 11 is 0. The van der Waals surface area contributed by atoms with E-state index in [0.717, 1.165) is 0 Å². The first-order chi connectivity index (χ1) is 10.3. The average molecular weight is 327 g/mol. The SMILES string of the molecule is CCCN(CC(=O)O)C(=O)C1=CC=CN2CCS(=O)(=O)N=C12. The number of carbonyl (C=O) groups excluding carboxylic acids is 1. The summed E-state index contributed by atoms with van der Waals surface area (Å²) in [6, 6.07) is 0. The van der Waals surface area contributed by atoms with Gasteiger partial charge in [0.05, 0.1) is 11.3 Å². The normalized spacial score (nSPS) is 19.0. The molecule has 0 saturated carbocycles. The minimum atomic E-state index is -3.60. The molecule has 0 saturated heterocycles. The molecular weight excluding hydrogens is 310 g/mol. The van der Waals surface area contributed by atoms with Crippen molar-refractivity contribution < 1.29 is 23.1 Å². The largest absolute Gasteiger partial charge is 0.480 e. The fraction of sp³-hybridized carbons (Fsp3) is 0.462. The molecule has 0 aromatic carbocycles. The zero-order chi connectivity index (χ0) is 16.3. The van der Waals surface area contributed by atoms with Crippen molar-refractivity contribution in [3.05, 3.63) is 23.9 Å². The van der Waals surface area contributed by atoms with Crippen LogP contribution in [0.2, 0.25) is 0 Å². The molecule has 0 aliphatic carbocycles. The summed E-state index contributed by atoms with van der Waals surface area (Å²) < 4.78 is 27.0. The van der Waals surface area contributed by atoms with E-state index in [1.807, 2.05) is 6.92 Å². The number of carbonyl (C=O) groups is 2. The molecule has 8 nitrogen and oxygen atoms in total. The lowest BCUT2D eigenvalue weighted by Gasteiger charge is -2.30. The zero-order valence-corrected chi connectivity index (χ0v) is 12.9. The maximum absolute atomic E-state index is 12.5. The van der Waals surface area contributed by atoms with Crippen LogP contribution in [-0.2, 0) is 19.6 Å². The van der Waals surface area contributed by atoms with Gasteiger partial charge in [-0.15, -0.1) is 4.40 Å². The predicted octanol–water partition coefficient (Wildman–Crippen LogP) is -0.193. The molecule has 120 valence electrons.